The first kappa shape index (κ1) is 17.0. The molecule has 0 spiro atoms. The number of amides is 1. The van der Waals surface area contributed by atoms with Gasteiger partial charge in [0, 0.05) is 24.2 Å². The first-order valence-electron chi connectivity index (χ1n) is 8.47. The van der Waals surface area contributed by atoms with Crippen LogP contribution in [0.1, 0.15) is 35.7 Å². The predicted octanol–water partition coefficient (Wildman–Crippen LogP) is 3.57. The fourth-order valence-electron chi connectivity index (χ4n) is 2.84. The van der Waals surface area contributed by atoms with E-state index in [4.69, 9.17) is 9.47 Å². The molecule has 0 aliphatic carbocycles. The average Bonchev–Trinajstić information content (AvgIpc) is 3.07. The highest BCUT2D eigenvalue weighted by atomic mass is 16.5. The van der Waals surface area contributed by atoms with Crippen LogP contribution in [0.5, 0.6) is 5.75 Å². The molecule has 0 unspecified atom stereocenters. The van der Waals surface area contributed by atoms with E-state index in [1.807, 2.05) is 31.2 Å². The Morgan fingerprint density at radius 3 is 2.56 bits per heavy atom. The van der Waals surface area contributed by atoms with Gasteiger partial charge in [-0.05, 0) is 43.7 Å². The van der Waals surface area contributed by atoms with Crippen LogP contribution >= 0.6 is 0 Å². The van der Waals surface area contributed by atoms with Crippen molar-refractivity contribution in [1.82, 2.24) is 0 Å². The summed E-state index contributed by atoms with van der Waals surface area (Å²) in [6, 6.07) is 14.5. The fourth-order valence-corrected chi connectivity index (χ4v) is 2.84. The smallest absolute Gasteiger partial charge is 0.338 e. The second-order valence-corrected chi connectivity index (χ2v) is 5.81. The summed E-state index contributed by atoms with van der Waals surface area (Å²) in [6.07, 6.45) is 1.46. The molecule has 5 nitrogen and oxygen atoms in total. The molecule has 2 aromatic rings. The number of carbonyl (C=O) groups excluding carboxylic acids is 2. The summed E-state index contributed by atoms with van der Waals surface area (Å²) in [4.78, 5) is 25.7. The Labute approximate surface area is 147 Å². The molecule has 130 valence electrons. The van der Waals surface area contributed by atoms with Crippen molar-refractivity contribution < 1.29 is 19.1 Å². The molecule has 5 heteroatoms. The Morgan fingerprint density at radius 2 is 1.88 bits per heavy atom. The van der Waals surface area contributed by atoms with Gasteiger partial charge in [0.05, 0.1) is 12.2 Å². The molecule has 1 amide bonds. The minimum absolute atomic E-state index is 0.128. The number of anilines is 1. The van der Waals surface area contributed by atoms with Gasteiger partial charge in [0.15, 0.2) is 0 Å². The van der Waals surface area contributed by atoms with Crippen molar-refractivity contribution in [2.75, 3.05) is 18.1 Å². The molecule has 1 aliphatic heterocycles. The highest BCUT2D eigenvalue weighted by Crippen LogP contribution is 2.23. The standard InChI is InChI=1S/C20H21NO4/c1-2-24-18-7-4-3-6-16(18)14-25-20(23)15-9-11-17(12-10-15)21-13-5-8-19(21)22/h3-4,6-7,9-12H,2,5,8,13-14H2,1H3. The van der Waals surface area contributed by atoms with Gasteiger partial charge in [-0.3, -0.25) is 4.79 Å². The summed E-state index contributed by atoms with van der Waals surface area (Å²) in [5.74, 6) is 0.453. The predicted molar refractivity (Wildman–Crippen MR) is 94.8 cm³/mol. The molecule has 1 aliphatic rings. The van der Waals surface area contributed by atoms with Crippen LogP contribution in [-0.4, -0.2) is 25.0 Å². The maximum Gasteiger partial charge on any atom is 0.338 e. The van der Waals surface area contributed by atoms with E-state index in [1.54, 1.807) is 29.2 Å². The third-order valence-corrected chi connectivity index (χ3v) is 4.12. The molecule has 1 heterocycles. The lowest BCUT2D eigenvalue weighted by Crippen LogP contribution is -2.23. The largest absolute Gasteiger partial charge is 0.493 e. The van der Waals surface area contributed by atoms with Crippen LogP contribution in [0.25, 0.3) is 0 Å². The van der Waals surface area contributed by atoms with Crippen molar-refractivity contribution in [3.8, 4) is 5.75 Å². The number of carbonyl (C=O) groups is 2. The summed E-state index contributed by atoms with van der Waals surface area (Å²) in [5, 5.41) is 0. The first-order chi connectivity index (χ1) is 12.2. The van der Waals surface area contributed by atoms with Gasteiger partial charge in [-0.25, -0.2) is 4.79 Å². The zero-order valence-corrected chi connectivity index (χ0v) is 14.2. The molecule has 0 N–H and O–H groups in total. The van der Waals surface area contributed by atoms with Crippen molar-refractivity contribution in [1.29, 1.82) is 0 Å². The van der Waals surface area contributed by atoms with Crippen molar-refractivity contribution >= 4 is 17.6 Å². The van der Waals surface area contributed by atoms with Crippen LogP contribution in [0.15, 0.2) is 48.5 Å². The Kier molecular flexibility index (Phi) is 5.33. The Morgan fingerprint density at radius 1 is 1.12 bits per heavy atom. The van der Waals surface area contributed by atoms with Gasteiger partial charge in [-0.15, -0.1) is 0 Å². The Balaban J connectivity index is 1.63. The molecule has 0 saturated carbocycles. The van der Waals surface area contributed by atoms with Gasteiger partial charge >= 0.3 is 5.97 Å². The normalized spacial score (nSPS) is 13.8. The van der Waals surface area contributed by atoms with Crippen LogP contribution in [0.2, 0.25) is 0 Å². The minimum atomic E-state index is -0.398. The minimum Gasteiger partial charge on any atom is -0.493 e. The van der Waals surface area contributed by atoms with Gasteiger partial charge in [-0.2, -0.15) is 0 Å². The molecule has 1 saturated heterocycles. The van der Waals surface area contributed by atoms with E-state index < -0.39 is 5.97 Å². The highest BCUT2D eigenvalue weighted by Gasteiger charge is 2.21. The van der Waals surface area contributed by atoms with Gasteiger partial charge in [0.25, 0.3) is 0 Å². The van der Waals surface area contributed by atoms with Gasteiger partial charge < -0.3 is 14.4 Å². The molecule has 2 aromatic carbocycles. The van der Waals surface area contributed by atoms with Crippen LogP contribution in [0, 0.1) is 0 Å². The monoisotopic (exact) mass is 339 g/mol. The molecular formula is C20H21NO4. The van der Waals surface area contributed by atoms with Crippen LogP contribution in [-0.2, 0) is 16.1 Å². The molecule has 25 heavy (non-hydrogen) atoms. The zero-order chi connectivity index (χ0) is 17.6. The SMILES string of the molecule is CCOc1ccccc1COC(=O)c1ccc(N2CCCC2=O)cc1. The number of para-hydroxylation sites is 1. The third kappa shape index (κ3) is 3.99. The lowest BCUT2D eigenvalue weighted by atomic mass is 10.2. The molecule has 0 bridgehead atoms. The molecule has 0 atom stereocenters. The lowest BCUT2D eigenvalue weighted by molar-refractivity contribution is -0.117. The van der Waals surface area contributed by atoms with Crippen LogP contribution in [0.4, 0.5) is 5.69 Å². The number of esters is 1. The summed E-state index contributed by atoms with van der Waals surface area (Å²) >= 11 is 0. The number of rotatable bonds is 6. The van der Waals surface area contributed by atoms with Gasteiger partial charge in [0.1, 0.15) is 12.4 Å². The second-order valence-electron chi connectivity index (χ2n) is 5.81. The van der Waals surface area contributed by atoms with E-state index in [0.29, 0.717) is 18.6 Å². The van der Waals surface area contributed by atoms with E-state index >= 15 is 0 Å². The van der Waals surface area contributed by atoms with Crippen molar-refractivity contribution in [3.05, 3.63) is 59.7 Å². The maximum absolute atomic E-state index is 12.2. The Bertz CT molecular complexity index is 755. The van der Waals surface area contributed by atoms with Gasteiger partial charge in [0.2, 0.25) is 5.91 Å². The Hall–Kier alpha value is -2.82. The number of benzene rings is 2. The molecule has 3 rings (SSSR count). The molecule has 1 fully saturated rings. The quantitative estimate of drug-likeness (QED) is 0.755. The average molecular weight is 339 g/mol. The van der Waals surface area contributed by atoms with E-state index in [1.165, 1.54) is 0 Å². The van der Waals surface area contributed by atoms with E-state index in [0.717, 1.165) is 30.0 Å². The number of hydrogen-bond donors (Lipinski definition) is 0. The van der Waals surface area contributed by atoms with E-state index in [9.17, 15) is 9.59 Å². The van der Waals surface area contributed by atoms with E-state index in [2.05, 4.69) is 0 Å². The van der Waals surface area contributed by atoms with E-state index in [-0.39, 0.29) is 12.5 Å². The maximum atomic E-state index is 12.2. The van der Waals surface area contributed by atoms with Crippen LogP contribution in [0.3, 0.4) is 0 Å². The molecule has 0 aromatic heterocycles. The zero-order valence-electron chi connectivity index (χ0n) is 14.2. The first-order valence-corrected chi connectivity index (χ1v) is 8.47. The van der Waals surface area contributed by atoms with Crippen molar-refractivity contribution in [2.45, 2.75) is 26.4 Å². The van der Waals surface area contributed by atoms with Crippen molar-refractivity contribution in [2.24, 2.45) is 0 Å². The van der Waals surface area contributed by atoms with Gasteiger partial charge in [-0.1, -0.05) is 18.2 Å². The highest BCUT2D eigenvalue weighted by molar-refractivity contribution is 5.96. The number of hydrogen-bond acceptors (Lipinski definition) is 4. The summed E-state index contributed by atoms with van der Waals surface area (Å²) in [7, 11) is 0. The molecular weight excluding hydrogens is 318 g/mol. The summed E-state index contributed by atoms with van der Waals surface area (Å²) in [6.45, 7) is 3.36. The molecule has 0 radical (unpaired) electrons. The number of ether oxygens (including phenoxy) is 2. The fraction of sp³-hybridized carbons (Fsp3) is 0.300. The summed E-state index contributed by atoms with van der Waals surface area (Å²) in [5.41, 5.74) is 2.11. The number of nitrogens with zero attached hydrogens (tertiary/aromatic N) is 1. The summed E-state index contributed by atoms with van der Waals surface area (Å²) < 4.78 is 10.9. The lowest BCUT2D eigenvalue weighted by Gasteiger charge is -2.15. The van der Waals surface area contributed by atoms with Crippen LogP contribution < -0.4 is 9.64 Å². The second kappa shape index (κ2) is 7.83. The third-order valence-electron chi connectivity index (χ3n) is 4.12. The topological polar surface area (TPSA) is 55.8 Å². The van der Waals surface area contributed by atoms with Crippen molar-refractivity contribution in [3.63, 3.8) is 0 Å².